The number of carbonyl (C=O) groups is 1. The molecule has 0 spiro atoms. The molecule has 3 heteroatoms. The van der Waals surface area contributed by atoms with E-state index in [0.717, 1.165) is 0 Å². The number of hydrogen-bond acceptors (Lipinski definition) is 2. The molecule has 0 aliphatic heterocycles. The minimum atomic E-state index is -0.313. The number of benzene rings is 1. The van der Waals surface area contributed by atoms with E-state index in [1.54, 1.807) is 19.1 Å². The molecule has 0 unspecified atom stereocenters. The van der Waals surface area contributed by atoms with Crippen molar-refractivity contribution in [2.24, 2.45) is 0 Å². The van der Waals surface area contributed by atoms with E-state index in [4.69, 9.17) is 0 Å². The van der Waals surface area contributed by atoms with Crippen molar-refractivity contribution in [1.29, 1.82) is 0 Å². The van der Waals surface area contributed by atoms with Gasteiger partial charge in [-0.2, -0.15) is 11.8 Å². The van der Waals surface area contributed by atoms with Gasteiger partial charge >= 0.3 is 0 Å². The second kappa shape index (κ2) is 4.42. The van der Waals surface area contributed by atoms with E-state index in [9.17, 15) is 9.18 Å². The van der Waals surface area contributed by atoms with Gasteiger partial charge in [-0.25, -0.2) is 4.39 Å². The largest absolute Gasteiger partial charge is 0.293 e. The van der Waals surface area contributed by atoms with Crippen molar-refractivity contribution in [3.63, 3.8) is 0 Å². The third-order valence-electron chi connectivity index (χ3n) is 1.84. The fraction of sp³-hybridized carbons (Fsp3) is 0.300. The molecule has 0 N–H and O–H groups in total. The average Bonchev–Trinajstić information content (AvgIpc) is 2.10. The van der Waals surface area contributed by atoms with Gasteiger partial charge in [0.1, 0.15) is 5.82 Å². The Hall–Kier alpha value is -0.830. The molecule has 0 aromatic heterocycles. The maximum absolute atomic E-state index is 13.0. The summed E-state index contributed by atoms with van der Waals surface area (Å²) >= 11 is 1.45. The third-order valence-corrected chi connectivity index (χ3v) is 2.39. The number of halogens is 1. The van der Waals surface area contributed by atoms with E-state index in [1.165, 1.54) is 17.8 Å². The molecule has 0 saturated carbocycles. The first kappa shape index (κ1) is 10.3. The monoisotopic (exact) mass is 198 g/mol. The summed E-state index contributed by atoms with van der Waals surface area (Å²) < 4.78 is 13.0. The van der Waals surface area contributed by atoms with Crippen LogP contribution in [0.5, 0.6) is 0 Å². The Bertz CT molecular complexity index is 323. The van der Waals surface area contributed by atoms with Crippen LogP contribution in [0.15, 0.2) is 18.2 Å². The summed E-state index contributed by atoms with van der Waals surface area (Å²) in [5.41, 5.74) is 0.941. The maximum Gasteiger partial charge on any atom is 0.173 e. The second-order valence-corrected chi connectivity index (χ2v) is 3.63. The molecule has 13 heavy (non-hydrogen) atoms. The van der Waals surface area contributed by atoms with Gasteiger partial charge in [-0.05, 0) is 24.8 Å². The fourth-order valence-corrected chi connectivity index (χ4v) is 1.54. The van der Waals surface area contributed by atoms with Crippen molar-refractivity contribution in [3.05, 3.63) is 35.1 Å². The first-order chi connectivity index (χ1) is 6.16. The molecule has 70 valence electrons. The summed E-state index contributed by atoms with van der Waals surface area (Å²) in [5, 5.41) is 0. The molecular formula is C10H11FOS. The Labute approximate surface area is 81.3 Å². The van der Waals surface area contributed by atoms with Gasteiger partial charge in [0, 0.05) is 5.56 Å². The van der Waals surface area contributed by atoms with Crippen molar-refractivity contribution in [2.75, 3.05) is 12.0 Å². The number of thioether (sulfide) groups is 1. The smallest absolute Gasteiger partial charge is 0.173 e. The van der Waals surface area contributed by atoms with Crippen LogP contribution in [0.3, 0.4) is 0 Å². The molecule has 1 aromatic carbocycles. The van der Waals surface area contributed by atoms with E-state index in [2.05, 4.69) is 0 Å². The maximum atomic E-state index is 13.0. The van der Waals surface area contributed by atoms with Crippen LogP contribution in [0.1, 0.15) is 15.9 Å². The number of ketones is 1. The minimum absolute atomic E-state index is 0.00972. The Morgan fingerprint density at radius 1 is 1.54 bits per heavy atom. The summed E-state index contributed by atoms with van der Waals surface area (Å²) in [7, 11) is 0. The van der Waals surface area contributed by atoms with Gasteiger partial charge in [0.15, 0.2) is 5.78 Å². The van der Waals surface area contributed by atoms with E-state index in [1.807, 2.05) is 6.26 Å². The molecule has 0 aliphatic carbocycles. The summed E-state index contributed by atoms with van der Waals surface area (Å²) in [4.78, 5) is 11.4. The Kier molecular flexibility index (Phi) is 3.48. The van der Waals surface area contributed by atoms with E-state index in [-0.39, 0.29) is 11.6 Å². The van der Waals surface area contributed by atoms with Gasteiger partial charge < -0.3 is 0 Å². The molecule has 0 amide bonds. The van der Waals surface area contributed by atoms with Gasteiger partial charge in [-0.3, -0.25) is 4.79 Å². The van der Waals surface area contributed by atoms with Crippen LogP contribution >= 0.6 is 11.8 Å². The Morgan fingerprint density at radius 3 is 2.85 bits per heavy atom. The highest BCUT2D eigenvalue weighted by Gasteiger charge is 2.10. The number of rotatable bonds is 3. The minimum Gasteiger partial charge on any atom is -0.293 e. The Balaban J connectivity index is 3.01. The van der Waals surface area contributed by atoms with Crippen LogP contribution in [-0.2, 0) is 0 Å². The van der Waals surface area contributed by atoms with Gasteiger partial charge in [-0.1, -0.05) is 12.1 Å². The average molecular weight is 198 g/mol. The highest BCUT2D eigenvalue weighted by atomic mass is 32.2. The summed E-state index contributed by atoms with van der Waals surface area (Å²) in [6, 6.07) is 4.60. The number of hydrogen-bond donors (Lipinski definition) is 0. The zero-order valence-corrected chi connectivity index (χ0v) is 8.45. The third kappa shape index (κ3) is 2.31. The first-order valence-corrected chi connectivity index (χ1v) is 5.33. The van der Waals surface area contributed by atoms with Crippen LogP contribution in [0, 0.1) is 12.7 Å². The van der Waals surface area contributed by atoms with Gasteiger partial charge in [-0.15, -0.1) is 0 Å². The van der Waals surface area contributed by atoms with Crippen molar-refractivity contribution in [3.8, 4) is 0 Å². The lowest BCUT2D eigenvalue weighted by molar-refractivity contribution is 0.102. The van der Waals surface area contributed by atoms with Crippen molar-refractivity contribution in [1.82, 2.24) is 0 Å². The SMILES string of the molecule is CSCC(=O)c1cccc(F)c1C. The van der Waals surface area contributed by atoms with E-state index < -0.39 is 0 Å². The highest BCUT2D eigenvalue weighted by molar-refractivity contribution is 7.99. The van der Waals surface area contributed by atoms with Gasteiger partial charge in [0.05, 0.1) is 5.75 Å². The summed E-state index contributed by atoms with van der Waals surface area (Å²) in [5.74, 6) is 0.0843. The molecule has 0 heterocycles. The van der Waals surface area contributed by atoms with Crippen LogP contribution in [0.25, 0.3) is 0 Å². The zero-order valence-electron chi connectivity index (χ0n) is 7.63. The van der Waals surface area contributed by atoms with E-state index in [0.29, 0.717) is 16.9 Å². The first-order valence-electron chi connectivity index (χ1n) is 3.94. The molecule has 0 atom stereocenters. The predicted octanol–water partition coefficient (Wildman–Crippen LogP) is 2.68. The molecule has 0 fully saturated rings. The van der Waals surface area contributed by atoms with Crippen LogP contribution in [0.2, 0.25) is 0 Å². The molecule has 0 bridgehead atoms. The topological polar surface area (TPSA) is 17.1 Å². The zero-order chi connectivity index (χ0) is 9.84. The van der Waals surface area contributed by atoms with E-state index >= 15 is 0 Å². The van der Waals surface area contributed by atoms with Gasteiger partial charge in [0.25, 0.3) is 0 Å². The van der Waals surface area contributed by atoms with Crippen molar-refractivity contribution >= 4 is 17.5 Å². The molecule has 0 radical (unpaired) electrons. The predicted molar refractivity (Wildman–Crippen MR) is 53.8 cm³/mol. The number of Topliss-reactive ketones (excluding diaryl/α,β-unsaturated/α-hetero) is 1. The van der Waals surface area contributed by atoms with Gasteiger partial charge in [0.2, 0.25) is 0 Å². The Morgan fingerprint density at radius 2 is 2.23 bits per heavy atom. The fourth-order valence-electron chi connectivity index (χ4n) is 1.12. The highest BCUT2D eigenvalue weighted by Crippen LogP contribution is 2.14. The van der Waals surface area contributed by atoms with Crippen LogP contribution in [-0.4, -0.2) is 17.8 Å². The van der Waals surface area contributed by atoms with Crippen molar-refractivity contribution < 1.29 is 9.18 Å². The lowest BCUT2D eigenvalue weighted by atomic mass is 10.1. The summed E-state index contributed by atoms with van der Waals surface area (Å²) in [6.07, 6.45) is 1.85. The molecular weight excluding hydrogens is 187 g/mol. The second-order valence-electron chi connectivity index (χ2n) is 2.77. The molecule has 1 aromatic rings. The molecule has 1 rings (SSSR count). The quantitative estimate of drug-likeness (QED) is 0.694. The lowest BCUT2D eigenvalue weighted by Gasteiger charge is -2.03. The standard InChI is InChI=1S/C10H11FOS/c1-7-8(10(12)6-13-2)4-3-5-9(7)11/h3-5H,6H2,1-2H3. The molecule has 1 nitrogen and oxygen atoms in total. The van der Waals surface area contributed by atoms with Crippen LogP contribution in [0.4, 0.5) is 4.39 Å². The number of carbonyl (C=O) groups excluding carboxylic acids is 1. The van der Waals surface area contributed by atoms with Crippen molar-refractivity contribution in [2.45, 2.75) is 6.92 Å². The summed E-state index contributed by atoms with van der Waals surface area (Å²) in [6.45, 7) is 1.63. The molecule has 0 aliphatic rings. The van der Waals surface area contributed by atoms with Crippen LogP contribution < -0.4 is 0 Å². The lowest BCUT2D eigenvalue weighted by Crippen LogP contribution is -2.05. The molecule has 0 saturated heterocycles. The normalized spacial score (nSPS) is 10.1.